The molecule has 2 N–H and O–H groups in total. The third-order valence-electron chi connectivity index (χ3n) is 3.58. The average molecular weight is 276 g/mol. The molecule has 1 heterocycles. The van der Waals surface area contributed by atoms with Gasteiger partial charge < -0.3 is 15.4 Å². The number of rotatable bonds is 4. The summed E-state index contributed by atoms with van der Waals surface area (Å²) in [6.45, 7) is 4.97. The van der Waals surface area contributed by atoms with Gasteiger partial charge >= 0.3 is 6.03 Å². The van der Waals surface area contributed by atoms with Gasteiger partial charge in [-0.1, -0.05) is 0 Å². The molecule has 1 saturated heterocycles. The number of carbonyl (C=O) groups excluding carboxylic acids is 2. The molecule has 2 unspecified atom stereocenters. The summed E-state index contributed by atoms with van der Waals surface area (Å²) in [5.41, 5.74) is 1.30. The van der Waals surface area contributed by atoms with Crippen LogP contribution in [-0.2, 0) is 4.74 Å². The average Bonchev–Trinajstić information content (AvgIpc) is 2.93. The lowest BCUT2D eigenvalue weighted by Crippen LogP contribution is -2.40. The predicted octanol–water partition coefficient (Wildman–Crippen LogP) is 2.44. The molecule has 2 atom stereocenters. The van der Waals surface area contributed by atoms with Crippen LogP contribution in [0.25, 0.3) is 0 Å². The summed E-state index contributed by atoms with van der Waals surface area (Å²) in [6.07, 6.45) is 0.981. The molecule has 1 aromatic rings. The van der Waals surface area contributed by atoms with Crippen molar-refractivity contribution in [2.75, 3.05) is 18.5 Å². The van der Waals surface area contributed by atoms with E-state index in [4.69, 9.17) is 4.74 Å². The standard InChI is InChI=1S/C15H20N2O3/c1-10(13-7-8-20-9-13)16-15(19)17-14-5-3-12(4-6-14)11(2)18/h3-6,10,13H,7-9H2,1-2H3,(H2,16,17,19). The Balaban J connectivity index is 1.85. The van der Waals surface area contributed by atoms with Crippen molar-refractivity contribution in [1.29, 1.82) is 0 Å². The number of ether oxygens (including phenoxy) is 1. The molecule has 108 valence electrons. The summed E-state index contributed by atoms with van der Waals surface area (Å²) >= 11 is 0. The highest BCUT2D eigenvalue weighted by Crippen LogP contribution is 2.16. The molecule has 5 nitrogen and oxygen atoms in total. The second kappa shape index (κ2) is 6.52. The minimum atomic E-state index is -0.236. The monoisotopic (exact) mass is 276 g/mol. The molecule has 0 spiro atoms. The number of Topliss-reactive ketones (excluding diaryl/α,β-unsaturated/α-hetero) is 1. The van der Waals surface area contributed by atoms with E-state index in [-0.39, 0.29) is 17.9 Å². The topological polar surface area (TPSA) is 67.4 Å². The van der Waals surface area contributed by atoms with Crippen molar-refractivity contribution in [2.45, 2.75) is 26.3 Å². The van der Waals surface area contributed by atoms with Crippen LogP contribution < -0.4 is 10.6 Å². The Morgan fingerprint density at radius 2 is 2.00 bits per heavy atom. The number of carbonyl (C=O) groups is 2. The molecule has 0 aliphatic carbocycles. The summed E-state index contributed by atoms with van der Waals surface area (Å²) in [7, 11) is 0. The fourth-order valence-corrected chi connectivity index (χ4v) is 2.23. The number of hydrogen-bond acceptors (Lipinski definition) is 3. The maximum Gasteiger partial charge on any atom is 0.319 e. The Bertz CT molecular complexity index is 478. The van der Waals surface area contributed by atoms with E-state index < -0.39 is 0 Å². The summed E-state index contributed by atoms with van der Waals surface area (Å²) < 4.78 is 5.31. The van der Waals surface area contributed by atoms with Crippen LogP contribution >= 0.6 is 0 Å². The minimum Gasteiger partial charge on any atom is -0.381 e. The maximum absolute atomic E-state index is 11.9. The van der Waals surface area contributed by atoms with Crippen molar-refractivity contribution in [1.82, 2.24) is 5.32 Å². The first-order chi connectivity index (χ1) is 9.56. The summed E-state index contributed by atoms with van der Waals surface area (Å²) in [5.74, 6) is 0.386. The second-order valence-electron chi connectivity index (χ2n) is 5.14. The Kier molecular flexibility index (Phi) is 4.74. The van der Waals surface area contributed by atoms with Crippen LogP contribution in [0.1, 0.15) is 30.6 Å². The third kappa shape index (κ3) is 3.81. The van der Waals surface area contributed by atoms with Gasteiger partial charge in [0.2, 0.25) is 0 Å². The lowest BCUT2D eigenvalue weighted by atomic mass is 10.0. The van der Waals surface area contributed by atoms with Crippen LogP contribution in [0.5, 0.6) is 0 Å². The number of amides is 2. The predicted molar refractivity (Wildman–Crippen MR) is 77.0 cm³/mol. The normalized spacial score (nSPS) is 19.4. The van der Waals surface area contributed by atoms with E-state index in [2.05, 4.69) is 10.6 Å². The van der Waals surface area contributed by atoms with Crippen molar-refractivity contribution < 1.29 is 14.3 Å². The lowest BCUT2D eigenvalue weighted by Gasteiger charge is -2.19. The molecule has 1 fully saturated rings. The van der Waals surface area contributed by atoms with E-state index in [0.717, 1.165) is 13.0 Å². The largest absolute Gasteiger partial charge is 0.381 e. The van der Waals surface area contributed by atoms with E-state index in [1.54, 1.807) is 24.3 Å². The summed E-state index contributed by atoms with van der Waals surface area (Å²) in [5, 5.41) is 5.67. The van der Waals surface area contributed by atoms with Gasteiger partial charge in [0.1, 0.15) is 0 Å². The molecular formula is C15H20N2O3. The smallest absolute Gasteiger partial charge is 0.319 e. The first kappa shape index (κ1) is 14.5. The van der Waals surface area contributed by atoms with Crippen LogP contribution in [0.4, 0.5) is 10.5 Å². The second-order valence-corrected chi connectivity index (χ2v) is 5.14. The van der Waals surface area contributed by atoms with Gasteiger partial charge in [-0.15, -0.1) is 0 Å². The van der Waals surface area contributed by atoms with E-state index in [1.807, 2.05) is 6.92 Å². The van der Waals surface area contributed by atoms with Crippen molar-refractivity contribution in [3.8, 4) is 0 Å². The number of benzene rings is 1. The molecular weight excluding hydrogens is 256 g/mol. The molecule has 2 amide bonds. The van der Waals surface area contributed by atoms with E-state index in [9.17, 15) is 9.59 Å². The fourth-order valence-electron chi connectivity index (χ4n) is 2.23. The third-order valence-corrected chi connectivity index (χ3v) is 3.58. The van der Waals surface area contributed by atoms with E-state index in [1.165, 1.54) is 6.92 Å². The molecule has 0 saturated carbocycles. The molecule has 0 radical (unpaired) electrons. The zero-order chi connectivity index (χ0) is 14.5. The molecule has 0 bridgehead atoms. The van der Waals surface area contributed by atoms with E-state index in [0.29, 0.717) is 23.8 Å². The number of urea groups is 1. The maximum atomic E-state index is 11.9. The molecule has 5 heteroatoms. The summed E-state index contributed by atoms with van der Waals surface area (Å²) in [6, 6.07) is 6.69. The molecule has 1 aromatic carbocycles. The zero-order valence-corrected chi connectivity index (χ0v) is 11.8. The molecule has 1 aliphatic heterocycles. The van der Waals surface area contributed by atoms with Gasteiger partial charge in [-0.05, 0) is 44.5 Å². The zero-order valence-electron chi connectivity index (χ0n) is 11.8. The molecule has 0 aromatic heterocycles. The Morgan fingerprint density at radius 1 is 1.30 bits per heavy atom. The van der Waals surface area contributed by atoms with Gasteiger partial charge in [-0.25, -0.2) is 4.79 Å². The van der Waals surface area contributed by atoms with Crippen molar-refractivity contribution >= 4 is 17.5 Å². The molecule has 2 rings (SSSR count). The van der Waals surface area contributed by atoms with Crippen LogP contribution in [-0.4, -0.2) is 31.1 Å². The Morgan fingerprint density at radius 3 is 2.55 bits per heavy atom. The number of anilines is 1. The first-order valence-electron chi connectivity index (χ1n) is 6.82. The van der Waals surface area contributed by atoms with Crippen molar-refractivity contribution in [2.24, 2.45) is 5.92 Å². The van der Waals surface area contributed by atoms with Gasteiger partial charge in [0.05, 0.1) is 6.61 Å². The summed E-state index contributed by atoms with van der Waals surface area (Å²) in [4.78, 5) is 23.0. The minimum absolute atomic E-state index is 0.0101. The van der Waals surface area contributed by atoms with Gasteiger partial charge in [-0.2, -0.15) is 0 Å². The molecule has 1 aliphatic rings. The van der Waals surface area contributed by atoms with Gasteiger partial charge in [-0.3, -0.25) is 4.79 Å². The van der Waals surface area contributed by atoms with Crippen molar-refractivity contribution in [3.63, 3.8) is 0 Å². The van der Waals surface area contributed by atoms with Crippen LogP contribution in [0.2, 0.25) is 0 Å². The quantitative estimate of drug-likeness (QED) is 0.830. The van der Waals surface area contributed by atoms with Crippen molar-refractivity contribution in [3.05, 3.63) is 29.8 Å². The highest BCUT2D eigenvalue weighted by atomic mass is 16.5. The number of nitrogens with one attached hydrogen (secondary N) is 2. The lowest BCUT2D eigenvalue weighted by molar-refractivity contribution is 0.101. The van der Waals surface area contributed by atoms with Gasteiger partial charge in [0.25, 0.3) is 0 Å². The van der Waals surface area contributed by atoms with Crippen LogP contribution in [0.3, 0.4) is 0 Å². The number of hydrogen-bond donors (Lipinski definition) is 2. The first-order valence-corrected chi connectivity index (χ1v) is 6.82. The highest BCUT2D eigenvalue weighted by Gasteiger charge is 2.23. The van der Waals surface area contributed by atoms with Gasteiger partial charge in [0.15, 0.2) is 5.78 Å². The van der Waals surface area contributed by atoms with Crippen LogP contribution in [0.15, 0.2) is 24.3 Å². The Labute approximate surface area is 118 Å². The Hall–Kier alpha value is -1.88. The van der Waals surface area contributed by atoms with E-state index >= 15 is 0 Å². The molecule has 20 heavy (non-hydrogen) atoms. The highest BCUT2D eigenvalue weighted by molar-refractivity contribution is 5.95. The number of ketones is 1. The SMILES string of the molecule is CC(=O)c1ccc(NC(=O)NC(C)C2CCOC2)cc1. The van der Waals surface area contributed by atoms with Crippen LogP contribution in [0, 0.1) is 5.92 Å². The fraction of sp³-hybridized carbons (Fsp3) is 0.467. The van der Waals surface area contributed by atoms with Gasteiger partial charge in [0, 0.05) is 29.8 Å².